The summed E-state index contributed by atoms with van der Waals surface area (Å²) in [6.07, 6.45) is 13.1. The van der Waals surface area contributed by atoms with Crippen LogP contribution in [-0.2, 0) is 24.3 Å². The summed E-state index contributed by atoms with van der Waals surface area (Å²) in [6, 6.07) is 17.0. The highest BCUT2D eigenvalue weighted by Gasteiger charge is 2.22. The number of likely N-dealkylation sites (tertiary alicyclic amines) is 1. The summed E-state index contributed by atoms with van der Waals surface area (Å²) in [5.41, 5.74) is 6.36. The second-order valence-electron chi connectivity index (χ2n) is 8.99. The quantitative estimate of drug-likeness (QED) is 0.685. The number of ether oxygens (including phenoxy) is 1. The number of aryl methyl sites for hydroxylation is 1. The molecule has 1 saturated heterocycles. The van der Waals surface area contributed by atoms with Gasteiger partial charge < -0.3 is 14.7 Å². The number of hydrogen-bond acceptors (Lipinski definition) is 4. The summed E-state index contributed by atoms with van der Waals surface area (Å²) in [6.45, 7) is 4.02. The average molecular weight is 429 g/mol. The van der Waals surface area contributed by atoms with E-state index in [1.165, 1.54) is 49.0 Å². The zero-order valence-electron chi connectivity index (χ0n) is 18.6. The Morgan fingerprint density at radius 1 is 0.938 bits per heavy atom. The number of rotatable bonds is 6. The van der Waals surface area contributed by atoms with Crippen molar-refractivity contribution >= 4 is 6.08 Å². The number of hydrogen-bond donors (Lipinski definition) is 1. The maximum atomic E-state index is 10.7. The van der Waals surface area contributed by atoms with Gasteiger partial charge in [0.05, 0.1) is 0 Å². The van der Waals surface area contributed by atoms with E-state index in [9.17, 15) is 5.11 Å². The number of allylic oxidation sites excluding steroid dienone is 2. The van der Waals surface area contributed by atoms with E-state index in [2.05, 4.69) is 29.2 Å². The predicted octanol–water partition coefficient (Wildman–Crippen LogP) is 5.21. The van der Waals surface area contributed by atoms with Crippen molar-refractivity contribution in [3.8, 4) is 0 Å². The fourth-order valence-corrected chi connectivity index (χ4v) is 4.84. The van der Waals surface area contributed by atoms with Gasteiger partial charge >= 0.3 is 0 Å². The third-order valence-corrected chi connectivity index (χ3v) is 6.61. The smallest absolute Gasteiger partial charge is 0.153 e. The standard InChI is InChI=1S/C28H32N2O2/c31-28-19-27(32-21-22-7-3-1-4-8-22)13-16-30(28)26-12-11-24-17-23(9-10-25(24)18-26)20-29-14-5-2-6-15-29/h1,3-4,7-10,13,16-19,28,31H,2,5-6,11-12,14-15,20-21H2. The van der Waals surface area contributed by atoms with Crippen molar-refractivity contribution in [3.05, 3.63) is 101 Å². The summed E-state index contributed by atoms with van der Waals surface area (Å²) >= 11 is 0. The number of benzene rings is 2. The fourth-order valence-electron chi connectivity index (χ4n) is 4.84. The highest BCUT2D eigenvalue weighted by atomic mass is 16.5. The van der Waals surface area contributed by atoms with Crippen LogP contribution in [0.4, 0.5) is 0 Å². The van der Waals surface area contributed by atoms with Gasteiger partial charge in [-0.1, -0.05) is 55.0 Å². The molecule has 4 nitrogen and oxygen atoms in total. The first kappa shape index (κ1) is 21.0. The lowest BCUT2D eigenvalue weighted by Crippen LogP contribution is -2.31. The number of aliphatic hydroxyl groups is 1. The van der Waals surface area contributed by atoms with E-state index in [0.29, 0.717) is 12.4 Å². The van der Waals surface area contributed by atoms with Gasteiger partial charge in [0.15, 0.2) is 6.23 Å². The Labute approximate surface area is 191 Å². The molecule has 0 saturated carbocycles. The molecule has 3 aliphatic rings. The highest BCUT2D eigenvalue weighted by Crippen LogP contribution is 2.30. The van der Waals surface area contributed by atoms with Gasteiger partial charge in [0, 0.05) is 24.5 Å². The first-order valence-corrected chi connectivity index (χ1v) is 11.8. The Kier molecular flexibility index (Phi) is 6.42. The minimum Gasteiger partial charge on any atom is -0.489 e. The Hall–Kier alpha value is -2.82. The molecular weight excluding hydrogens is 396 g/mol. The highest BCUT2D eigenvalue weighted by molar-refractivity contribution is 5.60. The molecule has 0 amide bonds. The molecule has 0 radical (unpaired) electrons. The second-order valence-corrected chi connectivity index (χ2v) is 8.99. The van der Waals surface area contributed by atoms with Gasteiger partial charge in [-0.05, 0) is 73.2 Å². The monoisotopic (exact) mass is 428 g/mol. The van der Waals surface area contributed by atoms with Gasteiger partial charge in [-0.25, -0.2) is 0 Å². The van der Waals surface area contributed by atoms with Gasteiger partial charge in [0.1, 0.15) is 12.4 Å². The molecule has 1 atom stereocenters. The molecule has 32 heavy (non-hydrogen) atoms. The van der Waals surface area contributed by atoms with Crippen LogP contribution in [-0.4, -0.2) is 34.2 Å². The van der Waals surface area contributed by atoms with Crippen molar-refractivity contribution in [1.82, 2.24) is 9.80 Å². The first-order valence-electron chi connectivity index (χ1n) is 11.8. The molecule has 2 aromatic carbocycles. The van der Waals surface area contributed by atoms with Crippen LogP contribution in [0.3, 0.4) is 0 Å². The van der Waals surface area contributed by atoms with E-state index in [0.717, 1.165) is 30.6 Å². The van der Waals surface area contributed by atoms with Gasteiger partial charge in [0.2, 0.25) is 0 Å². The molecule has 0 bridgehead atoms. The van der Waals surface area contributed by atoms with Crippen LogP contribution < -0.4 is 0 Å². The molecule has 4 heteroatoms. The molecule has 1 N–H and O–H groups in total. The summed E-state index contributed by atoms with van der Waals surface area (Å²) in [5, 5.41) is 10.7. The third kappa shape index (κ3) is 4.98. The van der Waals surface area contributed by atoms with Crippen molar-refractivity contribution in [2.75, 3.05) is 13.1 Å². The van der Waals surface area contributed by atoms with Crippen molar-refractivity contribution in [2.24, 2.45) is 0 Å². The van der Waals surface area contributed by atoms with Crippen LogP contribution in [0, 0.1) is 0 Å². The van der Waals surface area contributed by atoms with Gasteiger partial charge in [-0.3, -0.25) is 4.90 Å². The molecule has 2 aliphatic heterocycles. The van der Waals surface area contributed by atoms with E-state index in [1.54, 1.807) is 6.08 Å². The molecular formula is C28H32N2O2. The normalized spacial score (nSPS) is 21.0. The number of fused-ring (bicyclic) bond motifs is 1. The topological polar surface area (TPSA) is 35.9 Å². The fraction of sp³-hybridized carbons (Fsp3) is 0.357. The van der Waals surface area contributed by atoms with Crippen LogP contribution in [0.5, 0.6) is 0 Å². The Morgan fingerprint density at radius 2 is 1.78 bits per heavy atom. The number of nitrogens with zero attached hydrogens (tertiary/aromatic N) is 2. The van der Waals surface area contributed by atoms with Crippen LogP contribution in [0.1, 0.15) is 47.9 Å². The lowest BCUT2D eigenvalue weighted by molar-refractivity contribution is 0.0895. The Morgan fingerprint density at radius 3 is 2.59 bits per heavy atom. The second kappa shape index (κ2) is 9.76. The van der Waals surface area contributed by atoms with E-state index >= 15 is 0 Å². The zero-order chi connectivity index (χ0) is 21.8. The van der Waals surface area contributed by atoms with Crippen molar-refractivity contribution in [3.63, 3.8) is 0 Å². The lowest BCUT2D eigenvalue weighted by Gasteiger charge is -2.32. The Bertz CT molecular complexity index is 1020. The molecule has 1 fully saturated rings. The van der Waals surface area contributed by atoms with Gasteiger partial charge in [0.25, 0.3) is 0 Å². The first-order chi connectivity index (χ1) is 15.7. The van der Waals surface area contributed by atoms with Gasteiger partial charge in [-0.2, -0.15) is 0 Å². The van der Waals surface area contributed by atoms with Crippen molar-refractivity contribution < 1.29 is 9.84 Å². The van der Waals surface area contributed by atoms with Gasteiger partial charge in [-0.15, -0.1) is 0 Å². The zero-order valence-corrected chi connectivity index (χ0v) is 18.6. The molecule has 1 unspecified atom stereocenters. The lowest BCUT2D eigenvalue weighted by atomic mass is 9.92. The van der Waals surface area contributed by atoms with Crippen LogP contribution in [0.2, 0.25) is 0 Å². The largest absolute Gasteiger partial charge is 0.489 e. The molecule has 2 aromatic rings. The predicted molar refractivity (Wildman–Crippen MR) is 128 cm³/mol. The van der Waals surface area contributed by atoms with Crippen LogP contribution in [0.25, 0.3) is 6.08 Å². The molecule has 0 aromatic heterocycles. The van der Waals surface area contributed by atoms with E-state index in [4.69, 9.17) is 4.74 Å². The minimum absolute atomic E-state index is 0.500. The maximum Gasteiger partial charge on any atom is 0.153 e. The molecule has 1 aliphatic carbocycles. The van der Waals surface area contributed by atoms with Crippen molar-refractivity contribution in [2.45, 2.75) is 51.5 Å². The van der Waals surface area contributed by atoms with Crippen molar-refractivity contribution in [1.29, 1.82) is 0 Å². The third-order valence-electron chi connectivity index (χ3n) is 6.61. The SMILES string of the molecule is OC1C=C(OCc2ccccc2)C=CN1C1=Cc2ccc(CN3CCCCC3)cc2CC1. The summed E-state index contributed by atoms with van der Waals surface area (Å²) < 4.78 is 5.87. The van der Waals surface area contributed by atoms with E-state index < -0.39 is 6.23 Å². The maximum absolute atomic E-state index is 10.7. The summed E-state index contributed by atoms with van der Waals surface area (Å²) in [4.78, 5) is 4.52. The number of piperidine rings is 1. The van der Waals surface area contributed by atoms with Crippen LogP contribution in [0.15, 0.2) is 78.3 Å². The summed E-state index contributed by atoms with van der Waals surface area (Å²) in [5.74, 6) is 0.705. The van der Waals surface area contributed by atoms with Crippen LogP contribution >= 0.6 is 0 Å². The molecule has 2 heterocycles. The minimum atomic E-state index is -0.711. The van der Waals surface area contributed by atoms with E-state index in [1.807, 2.05) is 47.5 Å². The molecule has 0 spiro atoms. The molecule has 5 rings (SSSR count). The van der Waals surface area contributed by atoms with E-state index in [-0.39, 0.29) is 0 Å². The number of aliphatic hydroxyl groups excluding tert-OH is 1. The Balaban J connectivity index is 1.22. The average Bonchev–Trinajstić information content (AvgIpc) is 2.84. The summed E-state index contributed by atoms with van der Waals surface area (Å²) in [7, 11) is 0. The molecule has 166 valence electrons.